The number of aliphatic hydroxyl groups is 1. The summed E-state index contributed by atoms with van der Waals surface area (Å²) in [7, 11) is -3.51. The summed E-state index contributed by atoms with van der Waals surface area (Å²) in [6, 6.07) is 8.74. The Labute approximate surface area is 181 Å². The van der Waals surface area contributed by atoms with Gasteiger partial charge in [0.05, 0.1) is 11.8 Å². The fourth-order valence-corrected chi connectivity index (χ4v) is 4.43. The van der Waals surface area contributed by atoms with Crippen LogP contribution in [0.15, 0.2) is 45.3 Å². The molecule has 3 N–H and O–H groups in total. The summed E-state index contributed by atoms with van der Waals surface area (Å²) in [5.41, 5.74) is 7.17. The van der Waals surface area contributed by atoms with Crippen LogP contribution in [0.3, 0.4) is 0 Å². The fraction of sp³-hybridized carbons (Fsp3) is 0.250. The summed E-state index contributed by atoms with van der Waals surface area (Å²) < 4.78 is 45.2. The minimum atomic E-state index is -3.51. The summed E-state index contributed by atoms with van der Waals surface area (Å²) in [6.45, 7) is 0.0760. The quantitative estimate of drug-likeness (QED) is 0.494. The van der Waals surface area contributed by atoms with Crippen molar-refractivity contribution in [3.63, 3.8) is 0 Å². The molecule has 2 aromatic carbocycles. The van der Waals surface area contributed by atoms with Gasteiger partial charge in [0.25, 0.3) is 5.91 Å². The molecule has 0 fully saturated rings. The number of carbonyl (C=O) groups is 1. The lowest BCUT2D eigenvalue weighted by atomic mass is 10.0. The van der Waals surface area contributed by atoms with E-state index in [0.717, 1.165) is 6.26 Å². The van der Waals surface area contributed by atoms with Gasteiger partial charge in [-0.05, 0) is 48.4 Å². The molecule has 0 aliphatic rings. The van der Waals surface area contributed by atoms with Crippen molar-refractivity contribution < 1.29 is 27.1 Å². The number of carbonyl (C=O) groups excluding carboxylic acids is 1. The molecule has 0 bridgehead atoms. The number of sulfonamides is 1. The lowest BCUT2D eigenvalue weighted by Crippen LogP contribution is -2.31. The second-order valence-electron chi connectivity index (χ2n) is 6.79. The average molecular weight is 499 g/mol. The van der Waals surface area contributed by atoms with Crippen LogP contribution >= 0.6 is 15.9 Å². The number of fused-ring (bicyclic) bond motifs is 1. The number of halogens is 2. The normalized spacial score (nSPS) is 12.0. The van der Waals surface area contributed by atoms with Crippen LogP contribution in [-0.2, 0) is 16.6 Å². The number of benzene rings is 2. The van der Waals surface area contributed by atoms with Gasteiger partial charge in [0.15, 0.2) is 0 Å². The molecule has 1 amide bonds. The van der Waals surface area contributed by atoms with E-state index in [2.05, 4.69) is 15.9 Å². The summed E-state index contributed by atoms with van der Waals surface area (Å²) >= 11 is 3.42. The first-order chi connectivity index (χ1) is 14.1. The monoisotopic (exact) mass is 498 g/mol. The zero-order valence-corrected chi connectivity index (χ0v) is 18.5. The third-order valence-corrected chi connectivity index (χ3v) is 6.58. The van der Waals surface area contributed by atoms with Crippen molar-refractivity contribution in [1.29, 1.82) is 0 Å². The first-order valence-electron chi connectivity index (χ1n) is 8.98. The zero-order chi connectivity index (χ0) is 22.1. The minimum Gasteiger partial charge on any atom is -0.455 e. The van der Waals surface area contributed by atoms with Crippen molar-refractivity contribution in [2.24, 2.45) is 5.73 Å². The van der Waals surface area contributed by atoms with Crippen LogP contribution in [0.25, 0.3) is 22.3 Å². The third-order valence-electron chi connectivity index (χ3n) is 4.59. The van der Waals surface area contributed by atoms with Gasteiger partial charge in [0.2, 0.25) is 10.0 Å². The highest BCUT2D eigenvalue weighted by Gasteiger charge is 2.23. The van der Waals surface area contributed by atoms with Crippen molar-refractivity contribution in [2.45, 2.75) is 13.0 Å². The lowest BCUT2D eigenvalue weighted by molar-refractivity contribution is 0.100. The molecule has 0 radical (unpaired) electrons. The Balaban J connectivity index is 2.11. The van der Waals surface area contributed by atoms with E-state index in [0.29, 0.717) is 33.0 Å². The van der Waals surface area contributed by atoms with Gasteiger partial charge in [-0.25, -0.2) is 12.8 Å². The Kier molecular flexibility index (Phi) is 6.61. The number of nitrogens with zero attached hydrogens (tertiary/aromatic N) is 1. The smallest absolute Gasteiger partial charge is 0.253 e. The topological polar surface area (TPSA) is 114 Å². The predicted molar refractivity (Wildman–Crippen MR) is 115 cm³/mol. The molecule has 0 aliphatic heterocycles. The third kappa shape index (κ3) is 4.72. The molecule has 0 spiro atoms. The van der Waals surface area contributed by atoms with Gasteiger partial charge >= 0.3 is 0 Å². The van der Waals surface area contributed by atoms with Crippen LogP contribution in [0.4, 0.5) is 4.39 Å². The van der Waals surface area contributed by atoms with E-state index in [1.165, 1.54) is 28.6 Å². The number of hydrogen-bond donors (Lipinski definition) is 2. The number of amides is 1. The van der Waals surface area contributed by atoms with E-state index >= 15 is 0 Å². The number of nitrogens with two attached hydrogens (primary N) is 1. The molecule has 3 aromatic rings. The Morgan fingerprint density at radius 3 is 2.50 bits per heavy atom. The largest absolute Gasteiger partial charge is 0.455 e. The molecule has 10 heteroatoms. The van der Waals surface area contributed by atoms with E-state index in [1.54, 1.807) is 12.1 Å². The molecular formula is C20H20BrFN2O5S. The molecule has 1 aromatic heterocycles. The fourth-order valence-electron chi connectivity index (χ4n) is 3.13. The Bertz CT molecular complexity index is 1190. The van der Waals surface area contributed by atoms with Gasteiger partial charge in [-0.2, -0.15) is 4.31 Å². The van der Waals surface area contributed by atoms with Crippen LogP contribution in [-0.4, -0.2) is 43.1 Å². The number of hydrogen-bond acceptors (Lipinski definition) is 5. The molecule has 0 aliphatic carbocycles. The number of furan rings is 1. The number of rotatable bonds is 8. The Morgan fingerprint density at radius 2 is 1.93 bits per heavy atom. The molecule has 1 heterocycles. The highest BCUT2D eigenvalue weighted by atomic mass is 79.9. The van der Waals surface area contributed by atoms with E-state index in [-0.39, 0.29) is 31.0 Å². The van der Waals surface area contributed by atoms with Gasteiger partial charge in [-0.1, -0.05) is 15.9 Å². The van der Waals surface area contributed by atoms with Crippen LogP contribution in [0.1, 0.15) is 22.3 Å². The van der Waals surface area contributed by atoms with Crippen molar-refractivity contribution >= 4 is 42.8 Å². The summed E-state index contributed by atoms with van der Waals surface area (Å²) in [4.78, 5) is 12.1. The molecular weight excluding hydrogens is 479 g/mol. The molecule has 0 atom stereocenters. The first-order valence-corrected chi connectivity index (χ1v) is 11.6. The van der Waals surface area contributed by atoms with Gasteiger partial charge in [0, 0.05) is 35.1 Å². The number of aliphatic hydroxyl groups excluding tert-OH is 1. The van der Waals surface area contributed by atoms with Crippen LogP contribution < -0.4 is 5.73 Å². The Morgan fingerprint density at radius 1 is 1.27 bits per heavy atom. The minimum absolute atomic E-state index is 0.0494. The highest BCUT2D eigenvalue weighted by molar-refractivity contribution is 9.10. The van der Waals surface area contributed by atoms with E-state index < -0.39 is 21.7 Å². The molecule has 3 rings (SSSR count). The molecule has 160 valence electrons. The zero-order valence-electron chi connectivity index (χ0n) is 16.1. The summed E-state index contributed by atoms with van der Waals surface area (Å²) in [6.07, 6.45) is 1.40. The standard InChI is InChI=1S/C20H20BrFN2O5S/c1-30(27,28)24(7-2-8-25)11-13-9-17-15(10-16(13)21)18(20(23)26)19(29-17)12-3-5-14(22)6-4-12/h3-6,9-10,25H,2,7-8,11H2,1H3,(H2,23,26). The second-order valence-corrected chi connectivity index (χ2v) is 9.63. The van der Waals surface area contributed by atoms with Crippen LogP contribution in [0.2, 0.25) is 0 Å². The van der Waals surface area contributed by atoms with Gasteiger partial charge < -0.3 is 15.3 Å². The van der Waals surface area contributed by atoms with Crippen molar-refractivity contribution in [3.05, 3.63) is 57.8 Å². The molecule has 30 heavy (non-hydrogen) atoms. The summed E-state index contributed by atoms with van der Waals surface area (Å²) in [5, 5.41) is 9.50. The highest BCUT2D eigenvalue weighted by Crippen LogP contribution is 2.36. The van der Waals surface area contributed by atoms with Crippen molar-refractivity contribution in [2.75, 3.05) is 19.4 Å². The average Bonchev–Trinajstić information content (AvgIpc) is 3.03. The maximum Gasteiger partial charge on any atom is 0.253 e. The second kappa shape index (κ2) is 8.84. The van der Waals surface area contributed by atoms with E-state index in [1.807, 2.05) is 0 Å². The van der Waals surface area contributed by atoms with Crippen molar-refractivity contribution in [1.82, 2.24) is 4.31 Å². The molecule has 7 nitrogen and oxygen atoms in total. The maximum absolute atomic E-state index is 13.3. The first kappa shape index (κ1) is 22.4. The number of primary amides is 1. The van der Waals surface area contributed by atoms with Gasteiger partial charge in [0.1, 0.15) is 17.2 Å². The van der Waals surface area contributed by atoms with Gasteiger partial charge in [-0.15, -0.1) is 0 Å². The predicted octanol–water partition coefficient (Wildman–Crippen LogP) is 3.24. The lowest BCUT2D eigenvalue weighted by Gasteiger charge is -2.20. The Hall–Kier alpha value is -2.27. The van der Waals surface area contributed by atoms with Crippen LogP contribution in [0, 0.1) is 5.82 Å². The molecule has 0 unspecified atom stereocenters. The van der Waals surface area contributed by atoms with E-state index in [4.69, 9.17) is 15.3 Å². The van der Waals surface area contributed by atoms with Crippen LogP contribution in [0.5, 0.6) is 0 Å². The van der Waals surface area contributed by atoms with E-state index in [9.17, 15) is 17.6 Å². The maximum atomic E-state index is 13.3. The molecule has 0 saturated heterocycles. The summed E-state index contributed by atoms with van der Waals surface area (Å²) in [5.74, 6) is -0.917. The van der Waals surface area contributed by atoms with Gasteiger partial charge in [-0.3, -0.25) is 4.79 Å². The SMILES string of the molecule is CS(=O)(=O)N(CCCO)Cc1cc2oc(-c3ccc(F)cc3)c(C(N)=O)c2cc1Br. The molecule has 0 saturated carbocycles. The van der Waals surface area contributed by atoms with Crippen molar-refractivity contribution in [3.8, 4) is 11.3 Å².